The molecule has 0 aliphatic heterocycles. The lowest BCUT2D eigenvalue weighted by atomic mass is 10.2. The van der Waals surface area contributed by atoms with E-state index in [9.17, 15) is 22.4 Å². The average molecular weight is 319 g/mol. The standard InChI is InChI=1S/C12H14FNO6S/c1-20-11(15)7-6-10(12(16)17)14-21(18,19)9-4-2-8(13)3-5-9/h2-5,10,14H,6-7H2,1H3,(H,16,17)/t10-/m1/s1. The molecule has 0 radical (unpaired) electrons. The molecule has 21 heavy (non-hydrogen) atoms. The van der Waals surface area contributed by atoms with E-state index < -0.39 is 33.8 Å². The number of sulfonamides is 1. The number of rotatable bonds is 7. The zero-order valence-electron chi connectivity index (χ0n) is 11.1. The third kappa shape index (κ3) is 5.12. The Hall–Kier alpha value is -2.00. The van der Waals surface area contributed by atoms with Crippen LogP contribution in [0.25, 0.3) is 0 Å². The molecular formula is C12H14FNO6S. The van der Waals surface area contributed by atoms with E-state index in [2.05, 4.69) is 4.74 Å². The van der Waals surface area contributed by atoms with E-state index >= 15 is 0 Å². The number of carbonyl (C=O) groups excluding carboxylic acids is 1. The van der Waals surface area contributed by atoms with Crippen LogP contribution in [-0.4, -0.2) is 38.6 Å². The second-order valence-electron chi connectivity index (χ2n) is 4.08. The largest absolute Gasteiger partial charge is 0.480 e. The van der Waals surface area contributed by atoms with Gasteiger partial charge in [-0.2, -0.15) is 4.72 Å². The molecule has 0 saturated heterocycles. The van der Waals surface area contributed by atoms with Gasteiger partial charge in [-0.05, 0) is 30.7 Å². The minimum absolute atomic E-state index is 0.251. The van der Waals surface area contributed by atoms with Crippen molar-refractivity contribution in [3.8, 4) is 0 Å². The van der Waals surface area contributed by atoms with Crippen LogP contribution in [0.15, 0.2) is 29.2 Å². The molecule has 116 valence electrons. The topological polar surface area (TPSA) is 110 Å². The third-order valence-electron chi connectivity index (χ3n) is 2.58. The summed E-state index contributed by atoms with van der Waals surface area (Å²) in [6.07, 6.45) is -0.512. The number of hydrogen-bond acceptors (Lipinski definition) is 5. The van der Waals surface area contributed by atoms with Gasteiger partial charge >= 0.3 is 11.9 Å². The second-order valence-corrected chi connectivity index (χ2v) is 5.79. The molecule has 1 rings (SSSR count). The maximum atomic E-state index is 12.8. The molecule has 0 bridgehead atoms. The van der Waals surface area contributed by atoms with Crippen LogP contribution in [0.4, 0.5) is 4.39 Å². The van der Waals surface area contributed by atoms with Gasteiger partial charge in [0.25, 0.3) is 0 Å². The lowest BCUT2D eigenvalue weighted by Crippen LogP contribution is -2.41. The van der Waals surface area contributed by atoms with E-state index in [0.29, 0.717) is 0 Å². The maximum Gasteiger partial charge on any atom is 0.321 e. The molecular weight excluding hydrogens is 305 g/mol. The molecule has 0 fully saturated rings. The Bertz CT molecular complexity index is 613. The van der Waals surface area contributed by atoms with Crippen LogP contribution in [0.3, 0.4) is 0 Å². The summed E-state index contributed by atoms with van der Waals surface area (Å²) in [6.45, 7) is 0. The van der Waals surface area contributed by atoms with Crippen molar-refractivity contribution in [2.75, 3.05) is 7.11 Å². The number of nitrogens with one attached hydrogen (secondary N) is 1. The Morgan fingerprint density at radius 1 is 1.33 bits per heavy atom. The van der Waals surface area contributed by atoms with Crippen molar-refractivity contribution >= 4 is 22.0 Å². The molecule has 9 heteroatoms. The summed E-state index contributed by atoms with van der Waals surface area (Å²) in [4.78, 5) is 21.7. The van der Waals surface area contributed by atoms with E-state index in [1.54, 1.807) is 0 Å². The van der Waals surface area contributed by atoms with Crippen molar-refractivity contribution in [3.05, 3.63) is 30.1 Å². The molecule has 1 aromatic rings. The van der Waals surface area contributed by atoms with Gasteiger partial charge in [-0.1, -0.05) is 0 Å². The van der Waals surface area contributed by atoms with Crippen molar-refractivity contribution in [3.63, 3.8) is 0 Å². The Morgan fingerprint density at radius 2 is 1.90 bits per heavy atom. The maximum absolute atomic E-state index is 12.8. The molecule has 0 aliphatic carbocycles. The van der Waals surface area contributed by atoms with E-state index in [4.69, 9.17) is 5.11 Å². The van der Waals surface area contributed by atoms with Gasteiger partial charge in [-0.25, -0.2) is 12.8 Å². The molecule has 0 heterocycles. The van der Waals surface area contributed by atoms with E-state index in [-0.39, 0.29) is 17.7 Å². The van der Waals surface area contributed by atoms with Crippen molar-refractivity contribution in [2.24, 2.45) is 0 Å². The number of hydrogen-bond donors (Lipinski definition) is 2. The second kappa shape index (κ2) is 7.14. The SMILES string of the molecule is COC(=O)CC[C@@H](NS(=O)(=O)c1ccc(F)cc1)C(=O)O. The fraction of sp³-hybridized carbons (Fsp3) is 0.333. The molecule has 0 amide bonds. The van der Waals surface area contributed by atoms with E-state index in [1.165, 1.54) is 0 Å². The minimum Gasteiger partial charge on any atom is -0.480 e. The number of benzene rings is 1. The predicted molar refractivity (Wildman–Crippen MR) is 69.4 cm³/mol. The van der Waals surface area contributed by atoms with E-state index in [0.717, 1.165) is 31.4 Å². The summed E-state index contributed by atoms with van der Waals surface area (Å²) in [6, 6.07) is 2.42. The number of methoxy groups -OCH3 is 1. The number of carboxylic acid groups (broad SMARTS) is 1. The Balaban J connectivity index is 2.84. The minimum atomic E-state index is -4.13. The first kappa shape index (κ1) is 17.1. The lowest BCUT2D eigenvalue weighted by Gasteiger charge is -2.14. The predicted octanol–water partition coefficient (Wildman–Crippen LogP) is 0.510. The summed E-state index contributed by atoms with van der Waals surface area (Å²) >= 11 is 0. The van der Waals surface area contributed by atoms with Gasteiger partial charge in [0, 0.05) is 6.42 Å². The zero-order chi connectivity index (χ0) is 16.0. The third-order valence-corrected chi connectivity index (χ3v) is 4.07. The van der Waals surface area contributed by atoms with Crippen molar-refractivity contribution in [1.82, 2.24) is 4.72 Å². The van der Waals surface area contributed by atoms with Gasteiger partial charge in [0.05, 0.1) is 12.0 Å². The molecule has 0 aliphatic rings. The van der Waals surface area contributed by atoms with Gasteiger partial charge in [-0.3, -0.25) is 9.59 Å². The molecule has 0 unspecified atom stereocenters. The van der Waals surface area contributed by atoms with Crippen molar-refractivity contribution < 1.29 is 32.2 Å². The smallest absolute Gasteiger partial charge is 0.321 e. The van der Waals surface area contributed by atoms with Crippen LogP contribution in [-0.2, 0) is 24.3 Å². The van der Waals surface area contributed by atoms with Crippen LogP contribution in [0.2, 0.25) is 0 Å². The fourth-order valence-electron chi connectivity index (χ4n) is 1.47. The molecule has 1 atom stereocenters. The van der Waals surface area contributed by atoms with Gasteiger partial charge in [0.15, 0.2) is 0 Å². The number of aliphatic carboxylic acids is 1. The monoisotopic (exact) mass is 319 g/mol. The highest BCUT2D eigenvalue weighted by Crippen LogP contribution is 2.12. The van der Waals surface area contributed by atoms with Crippen LogP contribution in [0, 0.1) is 5.82 Å². The first-order valence-electron chi connectivity index (χ1n) is 5.84. The van der Waals surface area contributed by atoms with Crippen LogP contribution in [0.5, 0.6) is 0 Å². The lowest BCUT2D eigenvalue weighted by molar-refractivity contribution is -0.142. The molecule has 2 N–H and O–H groups in total. The Labute approximate surface area is 120 Å². The van der Waals surface area contributed by atoms with Gasteiger partial charge in [-0.15, -0.1) is 0 Å². The summed E-state index contributed by atoms with van der Waals surface area (Å²) in [5.41, 5.74) is 0. The molecule has 0 aromatic heterocycles. The fourth-order valence-corrected chi connectivity index (χ4v) is 2.69. The van der Waals surface area contributed by atoms with Gasteiger partial charge < -0.3 is 9.84 Å². The molecule has 0 spiro atoms. The van der Waals surface area contributed by atoms with E-state index in [1.807, 2.05) is 4.72 Å². The van der Waals surface area contributed by atoms with Gasteiger partial charge in [0.1, 0.15) is 11.9 Å². The highest BCUT2D eigenvalue weighted by molar-refractivity contribution is 7.89. The zero-order valence-corrected chi connectivity index (χ0v) is 11.9. The first-order chi connectivity index (χ1) is 9.76. The summed E-state index contributed by atoms with van der Waals surface area (Å²) in [5, 5.41) is 8.97. The van der Waals surface area contributed by atoms with Gasteiger partial charge in [0.2, 0.25) is 10.0 Å². The summed E-state index contributed by atoms with van der Waals surface area (Å²) < 4.78 is 43.0. The van der Waals surface area contributed by atoms with Crippen LogP contribution < -0.4 is 4.72 Å². The first-order valence-corrected chi connectivity index (χ1v) is 7.32. The number of halogens is 1. The summed E-state index contributed by atoms with van der Waals surface area (Å²) in [7, 11) is -2.99. The molecule has 7 nitrogen and oxygen atoms in total. The normalized spacial score (nSPS) is 12.7. The summed E-state index contributed by atoms with van der Waals surface area (Å²) in [5.74, 6) is -2.69. The number of esters is 1. The quantitative estimate of drug-likeness (QED) is 0.709. The molecule has 0 saturated carbocycles. The van der Waals surface area contributed by atoms with Crippen molar-refractivity contribution in [2.45, 2.75) is 23.8 Å². The highest BCUT2D eigenvalue weighted by atomic mass is 32.2. The van der Waals surface area contributed by atoms with Crippen LogP contribution in [0.1, 0.15) is 12.8 Å². The highest BCUT2D eigenvalue weighted by Gasteiger charge is 2.26. The van der Waals surface area contributed by atoms with Crippen molar-refractivity contribution in [1.29, 1.82) is 0 Å². The molecule has 1 aromatic carbocycles. The number of carboxylic acids is 1. The number of ether oxygens (including phenoxy) is 1. The Morgan fingerprint density at radius 3 is 2.38 bits per heavy atom. The van der Waals surface area contributed by atoms with Crippen LogP contribution >= 0.6 is 0 Å². The average Bonchev–Trinajstić information content (AvgIpc) is 2.43. The Kier molecular flexibility index (Phi) is 5.79. The number of carbonyl (C=O) groups is 2.